The molecule has 0 aromatic carbocycles. The maximum absolute atomic E-state index is 12.1. The molecule has 0 aromatic heterocycles. The number of hydrogen-bond acceptors (Lipinski definition) is 5. The minimum atomic E-state index is -0.801. The van der Waals surface area contributed by atoms with E-state index in [0.29, 0.717) is 12.8 Å². The zero-order valence-electron chi connectivity index (χ0n) is 30.0. The molecule has 0 radical (unpaired) electrons. The Labute approximate surface area is 288 Å². The second kappa shape index (κ2) is 37.5. The largest absolute Gasteiger partial charge is 0.462 e. The van der Waals surface area contributed by atoms with Crippen molar-refractivity contribution < 1.29 is 24.2 Å². The first-order valence-electron chi connectivity index (χ1n) is 18.6. The number of rotatable bonds is 32. The van der Waals surface area contributed by atoms with Crippen molar-refractivity contribution in [2.75, 3.05) is 13.2 Å². The summed E-state index contributed by atoms with van der Waals surface area (Å²) in [6.07, 6.45) is 50.7. The van der Waals surface area contributed by atoms with Crippen LogP contribution in [0.1, 0.15) is 149 Å². The van der Waals surface area contributed by atoms with Gasteiger partial charge in [-0.2, -0.15) is 0 Å². The van der Waals surface area contributed by atoms with Crippen molar-refractivity contribution in [1.29, 1.82) is 0 Å². The van der Waals surface area contributed by atoms with E-state index in [-0.39, 0.29) is 25.2 Å². The van der Waals surface area contributed by atoms with Gasteiger partial charge in [0.25, 0.3) is 0 Å². The van der Waals surface area contributed by atoms with Crippen molar-refractivity contribution in [1.82, 2.24) is 0 Å². The number of allylic oxidation sites excluding steroid dienone is 14. The Kier molecular flexibility index (Phi) is 35.2. The highest BCUT2D eigenvalue weighted by Crippen LogP contribution is 2.10. The van der Waals surface area contributed by atoms with Crippen LogP contribution in [0, 0.1) is 0 Å². The van der Waals surface area contributed by atoms with Crippen LogP contribution in [-0.2, 0) is 19.1 Å². The number of unbranched alkanes of at least 4 members (excludes halogenated alkanes) is 10. The van der Waals surface area contributed by atoms with Crippen LogP contribution in [0.4, 0.5) is 0 Å². The van der Waals surface area contributed by atoms with E-state index in [2.05, 4.69) is 98.9 Å². The third-order valence-corrected chi connectivity index (χ3v) is 7.42. The molecule has 0 fully saturated rings. The zero-order valence-corrected chi connectivity index (χ0v) is 30.0. The van der Waals surface area contributed by atoms with Crippen LogP contribution < -0.4 is 0 Å². The van der Waals surface area contributed by atoms with Crippen LogP contribution >= 0.6 is 0 Å². The summed E-state index contributed by atoms with van der Waals surface area (Å²) in [6.45, 7) is 3.93. The Hall–Kier alpha value is -2.92. The summed E-state index contributed by atoms with van der Waals surface area (Å²) in [5.74, 6) is -0.662. The minimum absolute atomic E-state index is 0.0931. The molecule has 0 saturated carbocycles. The van der Waals surface area contributed by atoms with E-state index < -0.39 is 6.10 Å². The summed E-state index contributed by atoms with van der Waals surface area (Å²) in [5.41, 5.74) is 0. The van der Waals surface area contributed by atoms with E-state index in [1.54, 1.807) is 0 Å². The molecular formula is C42H68O5. The summed E-state index contributed by atoms with van der Waals surface area (Å²) in [5, 5.41) is 9.52. The number of aliphatic hydroxyl groups excluding tert-OH is 1. The summed E-state index contributed by atoms with van der Waals surface area (Å²) >= 11 is 0. The van der Waals surface area contributed by atoms with Crippen LogP contribution in [0.2, 0.25) is 0 Å². The van der Waals surface area contributed by atoms with Crippen LogP contribution in [0.3, 0.4) is 0 Å². The van der Waals surface area contributed by atoms with Gasteiger partial charge >= 0.3 is 11.9 Å². The molecule has 0 saturated heterocycles. The Balaban J connectivity index is 3.73. The highest BCUT2D eigenvalue weighted by molar-refractivity contribution is 5.70. The van der Waals surface area contributed by atoms with Gasteiger partial charge in [0.15, 0.2) is 6.10 Å². The fourth-order valence-corrected chi connectivity index (χ4v) is 4.61. The van der Waals surface area contributed by atoms with Crippen molar-refractivity contribution >= 4 is 11.9 Å². The third kappa shape index (κ3) is 35.8. The molecule has 1 atom stereocenters. The van der Waals surface area contributed by atoms with Gasteiger partial charge in [0, 0.05) is 12.8 Å². The lowest BCUT2D eigenvalue weighted by atomic mass is 10.1. The zero-order chi connectivity index (χ0) is 34.3. The Morgan fingerprint density at radius 3 is 1.45 bits per heavy atom. The Morgan fingerprint density at radius 2 is 0.915 bits per heavy atom. The first-order chi connectivity index (χ1) is 23.1. The molecule has 5 nitrogen and oxygen atoms in total. The smallest absolute Gasteiger partial charge is 0.306 e. The number of esters is 2. The molecule has 1 unspecified atom stereocenters. The SMILES string of the molecule is CC/C=C\C/C=C\C/C=C\C/C=C\C/C=C\C/C=C\CCCCC(=O)OC(CO)COC(=O)CCCCCCC/C=C\CCCCC. The van der Waals surface area contributed by atoms with Crippen LogP contribution in [0.25, 0.3) is 0 Å². The molecule has 1 N–H and O–H groups in total. The maximum atomic E-state index is 12.1. The fraction of sp³-hybridized carbons (Fsp3) is 0.619. The van der Waals surface area contributed by atoms with Gasteiger partial charge in [-0.25, -0.2) is 0 Å². The van der Waals surface area contributed by atoms with E-state index in [1.807, 2.05) is 0 Å². The van der Waals surface area contributed by atoms with E-state index in [1.165, 1.54) is 38.5 Å². The third-order valence-electron chi connectivity index (χ3n) is 7.42. The molecule has 266 valence electrons. The Bertz CT molecular complexity index is 921. The van der Waals surface area contributed by atoms with Gasteiger partial charge < -0.3 is 14.6 Å². The van der Waals surface area contributed by atoms with Crippen molar-refractivity contribution in [2.24, 2.45) is 0 Å². The lowest BCUT2D eigenvalue weighted by Crippen LogP contribution is -2.28. The lowest BCUT2D eigenvalue weighted by molar-refractivity contribution is -0.161. The molecule has 0 spiro atoms. The van der Waals surface area contributed by atoms with E-state index in [9.17, 15) is 14.7 Å². The van der Waals surface area contributed by atoms with Gasteiger partial charge in [-0.3, -0.25) is 9.59 Å². The minimum Gasteiger partial charge on any atom is -0.462 e. The van der Waals surface area contributed by atoms with Gasteiger partial charge in [0.2, 0.25) is 0 Å². The lowest BCUT2D eigenvalue weighted by Gasteiger charge is -2.15. The number of hydrogen-bond donors (Lipinski definition) is 1. The second-order valence-corrected chi connectivity index (χ2v) is 11.9. The fourth-order valence-electron chi connectivity index (χ4n) is 4.61. The summed E-state index contributed by atoms with van der Waals surface area (Å²) in [4.78, 5) is 24.2. The molecule has 0 aliphatic carbocycles. The van der Waals surface area contributed by atoms with E-state index >= 15 is 0 Å². The quantitative estimate of drug-likeness (QED) is 0.0445. The first kappa shape index (κ1) is 44.1. The van der Waals surface area contributed by atoms with Crippen LogP contribution in [0.15, 0.2) is 85.1 Å². The summed E-state index contributed by atoms with van der Waals surface area (Å²) in [6, 6.07) is 0. The average molecular weight is 653 g/mol. The van der Waals surface area contributed by atoms with E-state index in [0.717, 1.165) is 83.5 Å². The van der Waals surface area contributed by atoms with Gasteiger partial charge in [-0.1, -0.05) is 131 Å². The number of carbonyl (C=O) groups excluding carboxylic acids is 2. The molecule has 0 amide bonds. The van der Waals surface area contributed by atoms with Crippen molar-refractivity contribution in [3.63, 3.8) is 0 Å². The van der Waals surface area contributed by atoms with Gasteiger partial charge in [-0.15, -0.1) is 0 Å². The topological polar surface area (TPSA) is 72.8 Å². The highest BCUT2D eigenvalue weighted by Gasteiger charge is 2.16. The highest BCUT2D eigenvalue weighted by atomic mass is 16.6. The van der Waals surface area contributed by atoms with E-state index in [4.69, 9.17) is 9.47 Å². The molecule has 5 heteroatoms. The molecule has 0 bridgehead atoms. The molecular weight excluding hydrogens is 584 g/mol. The molecule has 47 heavy (non-hydrogen) atoms. The Morgan fingerprint density at radius 1 is 0.511 bits per heavy atom. The molecule has 0 rings (SSSR count). The predicted octanol–water partition coefficient (Wildman–Crippen LogP) is 11.6. The number of aliphatic hydroxyl groups is 1. The molecule has 0 aliphatic heterocycles. The molecule has 0 aromatic rings. The molecule has 0 aliphatic rings. The standard InChI is InChI=1S/C42H68O5/c1-3-5-7-9-11-13-15-17-18-19-20-21-22-23-24-25-27-29-31-33-35-37-42(45)47-40(38-43)39-46-41(44)36-34-32-30-28-26-16-14-12-10-8-6-4-2/h5,7,11-14,17-18,20-21,23-24,27,29,40,43H,3-4,6,8-10,15-16,19,22,25-26,28,30-39H2,1-2H3/b7-5-,13-11-,14-12-,18-17-,21-20-,24-23-,29-27-. The second-order valence-electron chi connectivity index (χ2n) is 11.9. The normalized spacial score (nSPS) is 13.2. The van der Waals surface area contributed by atoms with Crippen LogP contribution in [-0.4, -0.2) is 36.4 Å². The average Bonchev–Trinajstić information content (AvgIpc) is 3.07. The van der Waals surface area contributed by atoms with Crippen molar-refractivity contribution in [3.8, 4) is 0 Å². The van der Waals surface area contributed by atoms with Crippen molar-refractivity contribution in [3.05, 3.63) is 85.1 Å². The number of ether oxygens (including phenoxy) is 2. The van der Waals surface area contributed by atoms with Gasteiger partial charge in [0.05, 0.1) is 6.61 Å². The molecule has 0 heterocycles. The maximum Gasteiger partial charge on any atom is 0.306 e. The number of carbonyl (C=O) groups is 2. The summed E-state index contributed by atoms with van der Waals surface area (Å²) in [7, 11) is 0. The first-order valence-corrected chi connectivity index (χ1v) is 18.6. The van der Waals surface area contributed by atoms with Gasteiger partial charge in [0.1, 0.15) is 6.61 Å². The van der Waals surface area contributed by atoms with Gasteiger partial charge in [-0.05, 0) is 89.9 Å². The van der Waals surface area contributed by atoms with Crippen LogP contribution in [0.5, 0.6) is 0 Å². The van der Waals surface area contributed by atoms with Crippen molar-refractivity contribution in [2.45, 2.75) is 155 Å². The monoisotopic (exact) mass is 653 g/mol. The predicted molar refractivity (Wildman–Crippen MR) is 200 cm³/mol. The summed E-state index contributed by atoms with van der Waals surface area (Å²) < 4.78 is 10.5.